The summed E-state index contributed by atoms with van der Waals surface area (Å²) in [6.07, 6.45) is 2.82. The van der Waals surface area contributed by atoms with E-state index in [0.29, 0.717) is 0 Å². The van der Waals surface area contributed by atoms with Gasteiger partial charge in [0.05, 0.1) is 11.2 Å². The number of carbonyl (C=O) groups is 1. The molecule has 0 unspecified atom stereocenters. The van der Waals surface area contributed by atoms with E-state index >= 15 is 0 Å². The second kappa shape index (κ2) is 4.87. The molecule has 1 aromatic rings. The molecule has 1 heterocycles. The lowest BCUT2D eigenvalue weighted by Crippen LogP contribution is -1.94. The van der Waals surface area contributed by atoms with Crippen molar-refractivity contribution in [3.63, 3.8) is 0 Å². The number of rotatable bonds is 5. The SMILES string of the molecule is O=C(O)CCCCc1cscn1. The van der Waals surface area contributed by atoms with Crippen molar-refractivity contribution in [3.05, 3.63) is 16.6 Å². The number of carboxylic acid groups (broad SMARTS) is 1. The summed E-state index contributed by atoms with van der Waals surface area (Å²) in [6, 6.07) is 0. The topological polar surface area (TPSA) is 50.2 Å². The minimum Gasteiger partial charge on any atom is -0.481 e. The molecule has 0 bridgehead atoms. The van der Waals surface area contributed by atoms with Gasteiger partial charge in [-0.1, -0.05) is 0 Å². The number of aryl methyl sites for hydroxylation is 1. The van der Waals surface area contributed by atoms with Crippen LogP contribution in [0.2, 0.25) is 0 Å². The summed E-state index contributed by atoms with van der Waals surface area (Å²) in [5, 5.41) is 10.4. The van der Waals surface area contributed by atoms with Crippen LogP contribution in [0.4, 0.5) is 0 Å². The summed E-state index contributed by atoms with van der Waals surface area (Å²) in [7, 11) is 0. The first-order valence-corrected chi connectivity index (χ1v) is 4.82. The molecule has 0 aliphatic rings. The van der Waals surface area contributed by atoms with Crippen molar-refractivity contribution < 1.29 is 9.90 Å². The van der Waals surface area contributed by atoms with Crippen LogP contribution in [0.1, 0.15) is 25.0 Å². The van der Waals surface area contributed by atoms with Crippen molar-refractivity contribution in [1.29, 1.82) is 0 Å². The summed E-state index contributed by atoms with van der Waals surface area (Å²) in [6.45, 7) is 0. The first kappa shape index (κ1) is 9.19. The number of aromatic nitrogens is 1. The van der Waals surface area contributed by atoms with Crippen molar-refractivity contribution >= 4 is 17.3 Å². The predicted molar refractivity (Wildman–Crippen MR) is 47.3 cm³/mol. The summed E-state index contributed by atoms with van der Waals surface area (Å²) >= 11 is 1.58. The summed E-state index contributed by atoms with van der Waals surface area (Å²) in [5.41, 5.74) is 2.87. The number of nitrogens with zero attached hydrogens (tertiary/aromatic N) is 1. The lowest BCUT2D eigenvalue weighted by Gasteiger charge is -1.94. The molecule has 0 aliphatic carbocycles. The van der Waals surface area contributed by atoms with Gasteiger partial charge >= 0.3 is 5.97 Å². The molecular weight excluding hydrogens is 174 g/mol. The Balaban J connectivity index is 2.07. The zero-order valence-corrected chi connectivity index (χ0v) is 7.51. The van der Waals surface area contributed by atoms with E-state index in [1.807, 2.05) is 5.38 Å². The van der Waals surface area contributed by atoms with Gasteiger partial charge in [-0.2, -0.15) is 0 Å². The number of thiazole rings is 1. The highest BCUT2D eigenvalue weighted by molar-refractivity contribution is 7.07. The maximum absolute atomic E-state index is 10.1. The molecule has 0 saturated carbocycles. The molecule has 0 atom stereocenters. The highest BCUT2D eigenvalue weighted by Crippen LogP contribution is 2.06. The van der Waals surface area contributed by atoms with Crippen LogP contribution in [0.15, 0.2) is 10.9 Å². The summed E-state index contributed by atoms with van der Waals surface area (Å²) in [5.74, 6) is -0.715. The van der Waals surface area contributed by atoms with Gasteiger partial charge in [0.25, 0.3) is 0 Å². The fourth-order valence-electron chi connectivity index (χ4n) is 0.943. The van der Waals surface area contributed by atoms with E-state index in [2.05, 4.69) is 4.98 Å². The number of hydrogen-bond acceptors (Lipinski definition) is 3. The molecule has 4 heteroatoms. The molecule has 0 saturated heterocycles. The monoisotopic (exact) mass is 185 g/mol. The molecule has 1 aromatic heterocycles. The van der Waals surface area contributed by atoms with E-state index in [9.17, 15) is 4.79 Å². The number of hydrogen-bond donors (Lipinski definition) is 1. The maximum Gasteiger partial charge on any atom is 0.303 e. The van der Waals surface area contributed by atoms with E-state index in [0.717, 1.165) is 25.0 Å². The van der Waals surface area contributed by atoms with E-state index in [1.165, 1.54) is 0 Å². The van der Waals surface area contributed by atoms with Crippen molar-refractivity contribution in [2.45, 2.75) is 25.7 Å². The van der Waals surface area contributed by atoms with Crippen LogP contribution in [0.3, 0.4) is 0 Å². The molecule has 0 amide bonds. The number of carboxylic acids is 1. The Bertz CT molecular complexity index is 233. The van der Waals surface area contributed by atoms with Crippen molar-refractivity contribution in [1.82, 2.24) is 4.98 Å². The zero-order chi connectivity index (χ0) is 8.81. The Labute approximate surface area is 75.1 Å². The third kappa shape index (κ3) is 3.48. The van der Waals surface area contributed by atoms with E-state index < -0.39 is 5.97 Å². The molecular formula is C8H11NO2S. The quantitative estimate of drug-likeness (QED) is 0.713. The van der Waals surface area contributed by atoms with Gasteiger partial charge in [-0.15, -0.1) is 11.3 Å². The van der Waals surface area contributed by atoms with Gasteiger partial charge in [0, 0.05) is 11.8 Å². The molecule has 12 heavy (non-hydrogen) atoms. The standard InChI is InChI=1S/C8H11NO2S/c10-8(11)4-2-1-3-7-5-12-6-9-7/h5-6H,1-4H2,(H,10,11). The Morgan fingerprint density at radius 2 is 2.42 bits per heavy atom. The zero-order valence-electron chi connectivity index (χ0n) is 6.69. The smallest absolute Gasteiger partial charge is 0.303 e. The van der Waals surface area contributed by atoms with Crippen LogP contribution in [0, 0.1) is 0 Å². The van der Waals surface area contributed by atoms with E-state index in [1.54, 1.807) is 16.8 Å². The molecule has 0 radical (unpaired) electrons. The highest BCUT2D eigenvalue weighted by atomic mass is 32.1. The maximum atomic E-state index is 10.1. The molecule has 0 aliphatic heterocycles. The van der Waals surface area contributed by atoms with Gasteiger partial charge in [0.15, 0.2) is 0 Å². The van der Waals surface area contributed by atoms with Gasteiger partial charge in [-0.3, -0.25) is 4.79 Å². The molecule has 1 N–H and O–H groups in total. The average Bonchev–Trinajstić information content (AvgIpc) is 2.49. The van der Waals surface area contributed by atoms with E-state index in [4.69, 9.17) is 5.11 Å². The molecule has 0 fully saturated rings. The fraction of sp³-hybridized carbons (Fsp3) is 0.500. The van der Waals surface area contributed by atoms with Crippen LogP contribution in [-0.4, -0.2) is 16.1 Å². The van der Waals surface area contributed by atoms with Crippen molar-refractivity contribution in [3.8, 4) is 0 Å². The fourth-order valence-corrected chi connectivity index (χ4v) is 1.54. The molecule has 0 aromatic carbocycles. The minimum absolute atomic E-state index is 0.268. The first-order chi connectivity index (χ1) is 5.79. The van der Waals surface area contributed by atoms with Crippen molar-refractivity contribution in [2.75, 3.05) is 0 Å². The van der Waals surface area contributed by atoms with Crippen molar-refractivity contribution in [2.24, 2.45) is 0 Å². The van der Waals surface area contributed by atoms with Crippen LogP contribution in [-0.2, 0) is 11.2 Å². The van der Waals surface area contributed by atoms with Gasteiger partial charge in [0.2, 0.25) is 0 Å². The van der Waals surface area contributed by atoms with E-state index in [-0.39, 0.29) is 6.42 Å². The molecule has 1 rings (SSSR count). The Kier molecular flexibility index (Phi) is 3.73. The van der Waals surface area contributed by atoms with Crippen LogP contribution >= 0.6 is 11.3 Å². The third-order valence-electron chi connectivity index (χ3n) is 1.56. The van der Waals surface area contributed by atoms with Crippen LogP contribution in [0.5, 0.6) is 0 Å². The number of unbranched alkanes of at least 4 members (excludes halogenated alkanes) is 1. The lowest BCUT2D eigenvalue weighted by molar-refractivity contribution is -0.137. The molecule has 3 nitrogen and oxygen atoms in total. The van der Waals surface area contributed by atoms with Gasteiger partial charge in [-0.25, -0.2) is 4.98 Å². The average molecular weight is 185 g/mol. The molecule has 66 valence electrons. The predicted octanol–water partition coefficient (Wildman–Crippen LogP) is 1.94. The normalized spacial score (nSPS) is 10.0. The molecule has 0 spiro atoms. The second-order valence-corrected chi connectivity index (χ2v) is 3.30. The Morgan fingerprint density at radius 1 is 1.58 bits per heavy atom. The Hall–Kier alpha value is -0.900. The number of aliphatic carboxylic acids is 1. The minimum atomic E-state index is -0.715. The van der Waals surface area contributed by atoms with Gasteiger partial charge in [0.1, 0.15) is 0 Å². The van der Waals surface area contributed by atoms with Gasteiger partial charge in [-0.05, 0) is 19.3 Å². The lowest BCUT2D eigenvalue weighted by atomic mass is 10.2. The largest absolute Gasteiger partial charge is 0.481 e. The summed E-state index contributed by atoms with van der Waals surface area (Å²) in [4.78, 5) is 14.3. The van der Waals surface area contributed by atoms with Gasteiger partial charge < -0.3 is 5.11 Å². The highest BCUT2D eigenvalue weighted by Gasteiger charge is 1.98. The summed E-state index contributed by atoms with van der Waals surface area (Å²) < 4.78 is 0. The van der Waals surface area contributed by atoms with Crippen LogP contribution < -0.4 is 0 Å². The van der Waals surface area contributed by atoms with Crippen LogP contribution in [0.25, 0.3) is 0 Å². The first-order valence-electron chi connectivity index (χ1n) is 3.88. The second-order valence-electron chi connectivity index (χ2n) is 2.58. The Morgan fingerprint density at radius 3 is 3.00 bits per heavy atom. The third-order valence-corrected chi connectivity index (χ3v) is 2.19.